The van der Waals surface area contributed by atoms with Crippen LogP contribution in [0, 0.1) is 0 Å². The van der Waals surface area contributed by atoms with Gasteiger partial charge in [-0.05, 0) is 94.5 Å². The van der Waals surface area contributed by atoms with Crippen molar-refractivity contribution >= 4 is 48.0 Å². The smallest absolute Gasteiger partial charge is 0.410 e. The number of hydrogen-bond donors (Lipinski definition) is 0. The molecule has 1 saturated heterocycles. The molecule has 5 rings (SSSR count). The highest BCUT2D eigenvalue weighted by Crippen LogP contribution is 2.61. The number of ether oxygens (including phenoxy) is 1. The van der Waals surface area contributed by atoms with Gasteiger partial charge in [-0.2, -0.15) is 0 Å². The molecule has 1 aliphatic heterocycles. The van der Waals surface area contributed by atoms with E-state index in [9.17, 15) is 4.79 Å². The maximum Gasteiger partial charge on any atom is 0.410 e. The molecule has 2 aliphatic carbocycles. The van der Waals surface area contributed by atoms with Crippen LogP contribution in [0.2, 0.25) is 0 Å². The highest BCUT2D eigenvalue weighted by atomic mass is 31.1. The van der Waals surface area contributed by atoms with Crippen LogP contribution in [0.25, 0.3) is 0 Å². The zero-order chi connectivity index (χ0) is 29.2. The Balaban J connectivity index is 0.00000189. The Labute approximate surface area is 255 Å². The van der Waals surface area contributed by atoms with Crippen LogP contribution in [-0.2, 0) is 4.74 Å². The van der Waals surface area contributed by atoms with E-state index >= 15 is 0 Å². The summed E-state index contributed by atoms with van der Waals surface area (Å²) in [6, 6.07) is 22.3. The summed E-state index contributed by atoms with van der Waals surface area (Å²) in [4.78, 5) is 16.0. The van der Waals surface area contributed by atoms with Crippen molar-refractivity contribution in [1.82, 2.24) is 4.90 Å². The van der Waals surface area contributed by atoms with Crippen LogP contribution in [0.5, 0.6) is 0 Å². The van der Waals surface area contributed by atoms with E-state index in [1.807, 2.05) is 36.2 Å². The number of carbonyl (C=O) groups is 1. The largest absolute Gasteiger partial charge is 0.444 e. The molecule has 0 spiro atoms. The topological polar surface area (TPSA) is 29.5 Å². The van der Waals surface area contributed by atoms with Gasteiger partial charge in [0.2, 0.25) is 0 Å². The monoisotopic (exact) mass is 591 g/mol. The predicted molar refractivity (Wildman–Crippen MR) is 187 cm³/mol. The number of amides is 1. The van der Waals surface area contributed by atoms with Gasteiger partial charge in [0.05, 0.1) is 15.5 Å². The van der Waals surface area contributed by atoms with Crippen LogP contribution >= 0.6 is 15.8 Å². The summed E-state index contributed by atoms with van der Waals surface area (Å²) in [5.74, 6) is 0. The quantitative estimate of drug-likeness (QED) is 0.262. The number of likely N-dealkylation sites (tertiary alicyclic amines) is 1. The van der Waals surface area contributed by atoms with Crippen molar-refractivity contribution in [2.24, 2.45) is 0 Å². The molecule has 0 unspecified atom stereocenters. The molecule has 2 aromatic carbocycles. The van der Waals surface area contributed by atoms with Gasteiger partial charge in [0.25, 0.3) is 0 Å². The lowest BCUT2D eigenvalue weighted by molar-refractivity contribution is 0.0242. The molecule has 41 heavy (non-hydrogen) atoms. The Morgan fingerprint density at radius 1 is 0.780 bits per heavy atom. The van der Waals surface area contributed by atoms with Crippen LogP contribution in [0.4, 0.5) is 4.79 Å². The minimum atomic E-state index is -0.556. The summed E-state index contributed by atoms with van der Waals surface area (Å²) in [7, 11) is 3.36. The van der Waals surface area contributed by atoms with Crippen LogP contribution in [0.15, 0.2) is 60.7 Å². The molecular weight excluding hydrogens is 538 g/mol. The predicted octanol–water partition coefficient (Wildman–Crippen LogP) is 6.81. The zero-order valence-corrected chi connectivity index (χ0v) is 28.2. The highest BCUT2D eigenvalue weighted by molar-refractivity contribution is 7.73. The lowest BCUT2D eigenvalue weighted by atomic mass is 9.81. The first kappa shape index (κ1) is 32.6. The summed E-state index contributed by atoms with van der Waals surface area (Å²) >= 11 is 0. The average Bonchev–Trinajstić information content (AvgIpc) is 3.42. The maximum absolute atomic E-state index is 13.8. The van der Waals surface area contributed by atoms with E-state index in [4.69, 9.17) is 4.74 Å². The molecule has 1 heterocycles. The molecule has 0 N–H and O–H groups in total. The van der Waals surface area contributed by atoms with Crippen molar-refractivity contribution < 1.29 is 9.53 Å². The fraction of sp³-hybridized carbons (Fsp3) is 0.618. The molecule has 0 bridgehead atoms. The first-order valence-electron chi connectivity index (χ1n) is 16.5. The van der Waals surface area contributed by atoms with Gasteiger partial charge >= 0.3 is 6.09 Å². The Hall–Kier alpha value is -1.30. The van der Waals surface area contributed by atoms with Crippen molar-refractivity contribution in [3.05, 3.63) is 60.7 Å². The van der Waals surface area contributed by atoms with Gasteiger partial charge < -0.3 is 9.64 Å². The Morgan fingerprint density at radius 2 is 1.24 bits per heavy atom. The third kappa shape index (κ3) is 9.10. The summed E-state index contributed by atoms with van der Waals surface area (Å²) in [5, 5.41) is 2.82. The van der Waals surface area contributed by atoms with Crippen molar-refractivity contribution in [3.8, 4) is 0 Å². The molecule has 3 fully saturated rings. The van der Waals surface area contributed by atoms with Crippen molar-refractivity contribution in [2.45, 2.75) is 120 Å². The number of hydrogen-bond acceptors (Lipinski definition) is 2. The van der Waals surface area contributed by atoms with E-state index in [1.54, 1.807) is 0 Å². The minimum absolute atomic E-state index is 0.0850. The first-order valence-corrected chi connectivity index (χ1v) is 19.6. The second-order valence-corrected chi connectivity index (χ2v) is 18.3. The highest BCUT2D eigenvalue weighted by Gasteiger charge is 2.45. The van der Waals surface area contributed by atoms with Crippen LogP contribution in [0.1, 0.15) is 91.4 Å². The minimum Gasteiger partial charge on any atom is -0.444 e. The standard InChI is InChI=1S/C34H49NO2P2.B2H4/c1-34(2,3)37-33(36)35-25-32(39(30-20-12-6-13-21-30)31-22-14-7-15-23-31)24-27(35)26-38(28-16-8-4-9-17-28)29-18-10-5-11-19-29;1-2/h4-5,8-11,16-19,27,30-32H,6-7,12-15,20-26H2,1-3H3;1-2H2/t27-,32-;/m0./s1. The van der Waals surface area contributed by atoms with Crippen molar-refractivity contribution in [3.63, 3.8) is 0 Å². The molecular formula is C34H53B2NO2P2. The van der Waals surface area contributed by atoms with E-state index in [2.05, 4.69) is 65.6 Å². The third-order valence-corrected chi connectivity index (χ3v) is 15.5. The third-order valence-electron chi connectivity index (χ3n) is 8.96. The number of benzene rings is 2. The molecule has 7 heteroatoms. The van der Waals surface area contributed by atoms with Gasteiger partial charge in [0, 0.05) is 12.6 Å². The van der Waals surface area contributed by atoms with E-state index < -0.39 is 13.5 Å². The molecule has 2 aromatic rings. The van der Waals surface area contributed by atoms with Gasteiger partial charge in [0.15, 0.2) is 0 Å². The molecule has 222 valence electrons. The fourth-order valence-electron chi connectivity index (χ4n) is 7.26. The van der Waals surface area contributed by atoms with E-state index in [-0.39, 0.29) is 20.1 Å². The average molecular weight is 591 g/mol. The Morgan fingerprint density at radius 3 is 1.68 bits per heavy atom. The summed E-state index contributed by atoms with van der Waals surface area (Å²) in [5.41, 5.74) is 2.00. The molecule has 2 atom stereocenters. The molecule has 2 saturated carbocycles. The summed E-state index contributed by atoms with van der Waals surface area (Å²) < 4.78 is 6.07. The first-order chi connectivity index (χ1) is 19.9. The van der Waals surface area contributed by atoms with E-state index in [0.29, 0.717) is 5.66 Å². The molecule has 3 aliphatic rings. The Kier molecular flexibility index (Phi) is 12.7. The SMILES string of the molecule is BB.CC(C)(C)OC(=O)N1C[C@@H](P(C2CCCCC2)C2CCCCC2)C[C@H]1CP(c1ccccc1)c1ccccc1. The fourth-order valence-corrected chi connectivity index (χ4v) is 14.4. The summed E-state index contributed by atoms with van der Waals surface area (Å²) in [6.45, 7) is 6.92. The second kappa shape index (κ2) is 16.0. The molecule has 0 aromatic heterocycles. The van der Waals surface area contributed by atoms with E-state index in [1.165, 1.54) is 74.8 Å². The van der Waals surface area contributed by atoms with Gasteiger partial charge in [-0.3, -0.25) is 0 Å². The van der Waals surface area contributed by atoms with Gasteiger partial charge in [-0.1, -0.05) is 107 Å². The van der Waals surface area contributed by atoms with E-state index in [0.717, 1.165) is 30.4 Å². The zero-order valence-electron chi connectivity index (χ0n) is 26.4. The van der Waals surface area contributed by atoms with Crippen LogP contribution in [-0.4, -0.2) is 67.8 Å². The lowest BCUT2D eigenvalue weighted by Gasteiger charge is -2.42. The maximum atomic E-state index is 13.8. The van der Waals surface area contributed by atoms with Crippen LogP contribution < -0.4 is 10.6 Å². The van der Waals surface area contributed by atoms with Gasteiger partial charge in [0.1, 0.15) is 5.60 Å². The normalized spacial score (nSPS) is 22.4. The summed E-state index contributed by atoms with van der Waals surface area (Å²) in [6.07, 6.45) is 16.3. The molecule has 1 amide bonds. The molecule has 0 radical (unpaired) electrons. The molecule has 3 nitrogen and oxygen atoms in total. The number of nitrogens with zero attached hydrogens (tertiary/aromatic N) is 1. The number of rotatable bonds is 7. The number of carbonyl (C=O) groups excluding carboxylic acids is 1. The Bertz CT molecular complexity index is 982. The van der Waals surface area contributed by atoms with Crippen LogP contribution in [0.3, 0.4) is 0 Å². The van der Waals surface area contributed by atoms with Crippen molar-refractivity contribution in [2.75, 3.05) is 12.7 Å². The van der Waals surface area contributed by atoms with Gasteiger partial charge in [-0.25, -0.2) is 4.79 Å². The lowest BCUT2D eigenvalue weighted by Crippen LogP contribution is -2.42. The van der Waals surface area contributed by atoms with Gasteiger partial charge in [-0.15, -0.1) is 0 Å². The second-order valence-electron chi connectivity index (χ2n) is 13.0. The van der Waals surface area contributed by atoms with Crippen molar-refractivity contribution in [1.29, 1.82) is 0 Å².